The second kappa shape index (κ2) is 7.17. The number of hydrogen-bond acceptors (Lipinski definition) is 3. The number of benzene rings is 1. The Morgan fingerprint density at radius 1 is 1.06 bits per heavy atom. The molecule has 17 heavy (non-hydrogen) atoms. The molecule has 0 aliphatic rings. The van der Waals surface area contributed by atoms with E-state index in [2.05, 4.69) is 4.98 Å². The van der Waals surface area contributed by atoms with Gasteiger partial charge in [0.2, 0.25) is 0 Å². The van der Waals surface area contributed by atoms with Crippen LogP contribution in [0.3, 0.4) is 0 Å². The van der Waals surface area contributed by atoms with Crippen molar-refractivity contribution in [3.05, 3.63) is 59.9 Å². The van der Waals surface area contributed by atoms with Crippen molar-refractivity contribution in [3.63, 3.8) is 0 Å². The quantitative estimate of drug-likeness (QED) is 0.743. The van der Waals surface area contributed by atoms with Crippen LogP contribution in [-0.2, 0) is 0 Å². The Kier molecular flexibility index (Phi) is 5.44. The summed E-state index contributed by atoms with van der Waals surface area (Å²) in [4.78, 5) is 14.0. The van der Waals surface area contributed by atoms with Gasteiger partial charge in [0.25, 0.3) is 0 Å². The average Bonchev–Trinajstić information content (AvgIpc) is 2.40. The van der Waals surface area contributed by atoms with Crippen molar-refractivity contribution in [1.29, 1.82) is 0 Å². The van der Waals surface area contributed by atoms with Crippen LogP contribution >= 0.6 is 0 Å². The van der Waals surface area contributed by atoms with Crippen molar-refractivity contribution in [2.24, 2.45) is 0 Å². The number of aromatic nitrogens is 1. The van der Waals surface area contributed by atoms with E-state index in [0.717, 1.165) is 12.0 Å². The van der Waals surface area contributed by atoms with E-state index in [-0.39, 0.29) is 0 Å². The minimum atomic E-state index is 0.667. The highest BCUT2D eigenvalue weighted by molar-refractivity contribution is 5.74. The van der Waals surface area contributed by atoms with E-state index < -0.39 is 0 Å². The highest BCUT2D eigenvalue weighted by Crippen LogP contribution is 2.09. The largest absolute Gasteiger partial charge is 0.497 e. The molecular formula is C14H15NO2. The van der Waals surface area contributed by atoms with Gasteiger partial charge in [-0.05, 0) is 48.9 Å². The number of methoxy groups -OCH3 is 1. The maximum absolute atomic E-state index is 10.2. The molecule has 0 fully saturated rings. The highest BCUT2D eigenvalue weighted by atomic mass is 16.5. The third-order valence-corrected chi connectivity index (χ3v) is 2.10. The molecule has 0 spiro atoms. The molecule has 0 aliphatic carbocycles. The summed E-state index contributed by atoms with van der Waals surface area (Å²) in [6, 6.07) is 10.9. The summed E-state index contributed by atoms with van der Waals surface area (Å²) in [5.74, 6) is 0.769. The summed E-state index contributed by atoms with van der Waals surface area (Å²) >= 11 is 0. The van der Waals surface area contributed by atoms with Crippen molar-refractivity contribution in [3.8, 4) is 5.75 Å². The summed E-state index contributed by atoms with van der Waals surface area (Å²) in [6.07, 6.45) is 4.38. The van der Waals surface area contributed by atoms with Crippen LogP contribution in [0.4, 0.5) is 0 Å². The predicted molar refractivity (Wildman–Crippen MR) is 67.4 cm³/mol. The number of carbonyl (C=O) groups excluding carboxylic acids is 1. The van der Waals surface area contributed by atoms with E-state index in [9.17, 15) is 4.79 Å². The fraction of sp³-hybridized carbons (Fsp3) is 0.143. The second-order valence-corrected chi connectivity index (χ2v) is 3.42. The van der Waals surface area contributed by atoms with Crippen molar-refractivity contribution >= 4 is 6.29 Å². The summed E-state index contributed by atoms with van der Waals surface area (Å²) in [5, 5.41) is 0. The lowest BCUT2D eigenvalue weighted by atomic mass is 10.2. The highest BCUT2D eigenvalue weighted by Gasteiger charge is 1.89. The minimum Gasteiger partial charge on any atom is -0.497 e. The lowest BCUT2D eigenvalue weighted by Gasteiger charge is -1.96. The molecule has 0 N–H and O–H groups in total. The first kappa shape index (κ1) is 12.9. The molecule has 1 heterocycles. The fourth-order valence-corrected chi connectivity index (χ4v) is 1.11. The monoisotopic (exact) mass is 229 g/mol. The molecule has 0 saturated heterocycles. The smallest absolute Gasteiger partial charge is 0.150 e. The molecule has 0 aliphatic heterocycles. The standard InChI is InChI=1S/C8H8O2.C6H7N/c1-10-8-4-2-7(6-9)3-5-8;1-6-2-4-7-5-3-6/h2-6H,1H3;2-5H,1H3. The van der Waals surface area contributed by atoms with Crippen LogP contribution in [-0.4, -0.2) is 18.4 Å². The fourth-order valence-electron chi connectivity index (χ4n) is 1.11. The van der Waals surface area contributed by atoms with Crippen LogP contribution in [0.15, 0.2) is 48.8 Å². The molecule has 2 rings (SSSR count). The summed E-state index contributed by atoms with van der Waals surface area (Å²) in [7, 11) is 1.59. The molecule has 1 aromatic carbocycles. The molecule has 0 unspecified atom stereocenters. The number of hydrogen-bond donors (Lipinski definition) is 0. The number of ether oxygens (including phenoxy) is 1. The Balaban J connectivity index is 0.000000181. The normalized spacial score (nSPS) is 8.82. The van der Waals surface area contributed by atoms with E-state index in [1.807, 2.05) is 19.1 Å². The molecule has 3 nitrogen and oxygen atoms in total. The molecular weight excluding hydrogens is 214 g/mol. The first-order chi connectivity index (χ1) is 8.26. The Labute approximate surface area is 101 Å². The number of nitrogens with zero attached hydrogens (tertiary/aromatic N) is 1. The molecule has 0 radical (unpaired) electrons. The van der Waals surface area contributed by atoms with Gasteiger partial charge in [0.05, 0.1) is 7.11 Å². The Morgan fingerprint density at radius 2 is 1.65 bits per heavy atom. The lowest BCUT2D eigenvalue weighted by molar-refractivity contribution is 0.112. The van der Waals surface area contributed by atoms with Gasteiger partial charge in [0.15, 0.2) is 0 Å². The Morgan fingerprint density at radius 3 is 2.00 bits per heavy atom. The zero-order valence-electron chi connectivity index (χ0n) is 9.96. The summed E-state index contributed by atoms with van der Waals surface area (Å²) in [6.45, 7) is 2.04. The number of aryl methyl sites for hydroxylation is 1. The maximum Gasteiger partial charge on any atom is 0.150 e. The van der Waals surface area contributed by atoms with Gasteiger partial charge in [-0.25, -0.2) is 0 Å². The maximum atomic E-state index is 10.2. The third-order valence-electron chi connectivity index (χ3n) is 2.10. The number of pyridine rings is 1. The third kappa shape index (κ3) is 4.93. The van der Waals surface area contributed by atoms with Gasteiger partial charge in [-0.1, -0.05) is 0 Å². The predicted octanol–water partition coefficient (Wildman–Crippen LogP) is 2.90. The molecule has 0 bridgehead atoms. The van der Waals surface area contributed by atoms with Crippen molar-refractivity contribution in [2.45, 2.75) is 6.92 Å². The first-order valence-corrected chi connectivity index (χ1v) is 5.22. The van der Waals surface area contributed by atoms with Gasteiger partial charge in [-0.2, -0.15) is 0 Å². The Bertz CT molecular complexity index is 438. The van der Waals surface area contributed by atoms with Gasteiger partial charge in [0.1, 0.15) is 12.0 Å². The summed E-state index contributed by atoms with van der Waals surface area (Å²) in [5.41, 5.74) is 1.93. The van der Waals surface area contributed by atoms with Crippen LogP contribution in [0.5, 0.6) is 5.75 Å². The van der Waals surface area contributed by atoms with Crippen LogP contribution < -0.4 is 4.74 Å². The van der Waals surface area contributed by atoms with Gasteiger partial charge in [-0.15, -0.1) is 0 Å². The Hall–Kier alpha value is -2.16. The van der Waals surface area contributed by atoms with Gasteiger partial charge in [-0.3, -0.25) is 9.78 Å². The number of aldehydes is 1. The van der Waals surface area contributed by atoms with Crippen LogP contribution in [0.2, 0.25) is 0 Å². The lowest BCUT2D eigenvalue weighted by Crippen LogP contribution is -1.82. The van der Waals surface area contributed by atoms with Crippen LogP contribution in [0.25, 0.3) is 0 Å². The molecule has 0 atom stereocenters. The molecule has 1 aromatic heterocycles. The van der Waals surface area contributed by atoms with Gasteiger partial charge >= 0.3 is 0 Å². The first-order valence-electron chi connectivity index (χ1n) is 5.22. The molecule has 0 saturated carbocycles. The average molecular weight is 229 g/mol. The van der Waals surface area contributed by atoms with E-state index in [0.29, 0.717) is 5.56 Å². The van der Waals surface area contributed by atoms with E-state index >= 15 is 0 Å². The van der Waals surface area contributed by atoms with Crippen molar-refractivity contribution in [1.82, 2.24) is 4.98 Å². The molecule has 0 amide bonds. The van der Waals surface area contributed by atoms with Gasteiger partial charge < -0.3 is 4.74 Å². The molecule has 88 valence electrons. The zero-order valence-corrected chi connectivity index (χ0v) is 9.96. The van der Waals surface area contributed by atoms with E-state index in [1.54, 1.807) is 43.8 Å². The van der Waals surface area contributed by atoms with Crippen LogP contribution in [0.1, 0.15) is 15.9 Å². The van der Waals surface area contributed by atoms with Crippen molar-refractivity contribution in [2.75, 3.05) is 7.11 Å². The van der Waals surface area contributed by atoms with Crippen LogP contribution in [0, 0.1) is 6.92 Å². The second-order valence-electron chi connectivity index (χ2n) is 3.42. The summed E-state index contributed by atoms with van der Waals surface area (Å²) < 4.78 is 4.90. The molecule has 3 heteroatoms. The van der Waals surface area contributed by atoms with E-state index in [4.69, 9.17) is 4.74 Å². The van der Waals surface area contributed by atoms with Crippen molar-refractivity contribution < 1.29 is 9.53 Å². The van der Waals surface area contributed by atoms with Gasteiger partial charge in [0, 0.05) is 18.0 Å². The SMILES string of the molecule is COc1ccc(C=O)cc1.Cc1ccncc1. The number of carbonyl (C=O) groups is 1. The number of rotatable bonds is 2. The minimum absolute atomic E-state index is 0.667. The molecule has 2 aromatic rings. The topological polar surface area (TPSA) is 39.2 Å². The zero-order chi connectivity index (χ0) is 12.5. The van der Waals surface area contributed by atoms with E-state index in [1.165, 1.54) is 5.56 Å².